The highest BCUT2D eigenvalue weighted by Crippen LogP contribution is 2.31. The van der Waals surface area contributed by atoms with Gasteiger partial charge in [0.1, 0.15) is 0 Å². The quantitative estimate of drug-likeness (QED) is 0.131. The second kappa shape index (κ2) is 20.6. The Morgan fingerprint density at radius 2 is 1.06 bits per heavy atom. The molecule has 0 aromatic heterocycles. The van der Waals surface area contributed by atoms with E-state index in [1.165, 1.54) is 77.0 Å². The summed E-state index contributed by atoms with van der Waals surface area (Å²) in [7, 11) is 0. The zero-order chi connectivity index (χ0) is 24.9. The maximum absolute atomic E-state index is 10.4. The van der Waals surface area contributed by atoms with Gasteiger partial charge in [-0.05, 0) is 25.0 Å². The number of rotatable bonds is 22. The lowest BCUT2D eigenvalue weighted by atomic mass is 10.1. The van der Waals surface area contributed by atoms with Crippen molar-refractivity contribution in [1.29, 1.82) is 5.26 Å². The van der Waals surface area contributed by atoms with Gasteiger partial charge in [0.2, 0.25) is 0 Å². The number of nitrogens with zero attached hydrogens (tertiary/aromatic N) is 1. The van der Waals surface area contributed by atoms with Crippen LogP contribution in [-0.2, 0) is 0 Å². The van der Waals surface area contributed by atoms with Gasteiger partial charge in [0.25, 0.3) is 0 Å². The summed E-state index contributed by atoms with van der Waals surface area (Å²) in [5, 5.41) is 29.9. The van der Waals surface area contributed by atoms with E-state index in [1.807, 2.05) is 0 Å². The largest absolute Gasteiger partial charge is 0.461 e. The van der Waals surface area contributed by atoms with Gasteiger partial charge >= 0.3 is 0 Å². The van der Waals surface area contributed by atoms with Crippen LogP contribution in [0, 0.1) is 11.3 Å². The van der Waals surface area contributed by atoms with Crippen LogP contribution in [0.5, 0.6) is 11.5 Å². The first kappa shape index (κ1) is 30.3. The zero-order valence-electron chi connectivity index (χ0n) is 21.8. The van der Waals surface area contributed by atoms with Crippen molar-refractivity contribution in [1.82, 2.24) is 0 Å². The van der Waals surface area contributed by atoms with E-state index in [-0.39, 0.29) is 0 Å². The molecule has 1 aromatic rings. The van der Waals surface area contributed by atoms with E-state index in [4.69, 9.17) is 9.47 Å². The molecule has 0 aliphatic rings. The Morgan fingerprint density at radius 1 is 0.647 bits per heavy atom. The standard InChI is InChI=1S/C29H49NO4/c1-3-5-7-9-11-13-15-17-19-28(31)33-26-22-21-25(24-30)23-27(26)34-29(32)20-18-16-14-12-10-8-6-4-2/h21-23,28-29,31-32H,3-20H2,1-2H3. The third-order valence-electron chi connectivity index (χ3n) is 6.21. The summed E-state index contributed by atoms with van der Waals surface area (Å²) in [6, 6.07) is 6.92. The van der Waals surface area contributed by atoms with Crippen molar-refractivity contribution < 1.29 is 19.7 Å². The molecule has 0 aliphatic carbocycles. The summed E-state index contributed by atoms with van der Waals surface area (Å²) in [4.78, 5) is 0. The minimum absolute atomic E-state index is 0.307. The van der Waals surface area contributed by atoms with E-state index < -0.39 is 12.6 Å². The molecule has 2 unspecified atom stereocenters. The molecule has 0 bridgehead atoms. The Hall–Kier alpha value is -1.77. The van der Waals surface area contributed by atoms with E-state index >= 15 is 0 Å². The number of benzene rings is 1. The molecule has 0 radical (unpaired) electrons. The second-order valence-corrected chi connectivity index (χ2v) is 9.45. The third kappa shape index (κ3) is 15.2. The highest BCUT2D eigenvalue weighted by atomic mass is 16.6. The van der Waals surface area contributed by atoms with Crippen molar-refractivity contribution in [2.75, 3.05) is 0 Å². The molecule has 1 aromatic carbocycles. The fraction of sp³-hybridized carbons (Fsp3) is 0.759. The molecule has 0 amide bonds. The maximum atomic E-state index is 10.4. The number of hydrogen-bond acceptors (Lipinski definition) is 5. The molecule has 0 aliphatic heterocycles. The normalized spacial score (nSPS) is 12.8. The van der Waals surface area contributed by atoms with Gasteiger partial charge < -0.3 is 19.7 Å². The highest BCUT2D eigenvalue weighted by molar-refractivity contribution is 5.46. The smallest absolute Gasteiger partial charge is 0.197 e. The Balaban J connectivity index is 2.37. The molecule has 194 valence electrons. The maximum Gasteiger partial charge on any atom is 0.197 e. The van der Waals surface area contributed by atoms with Crippen LogP contribution < -0.4 is 9.47 Å². The fourth-order valence-electron chi connectivity index (χ4n) is 4.08. The number of nitriles is 1. The van der Waals surface area contributed by atoms with Crippen molar-refractivity contribution >= 4 is 0 Å². The number of hydrogen-bond donors (Lipinski definition) is 2. The summed E-state index contributed by atoms with van der Waals surface area (Å²) >= 11 is 0. The van der Waals surface area contributed by atoms with Crippen LogP contribution in [0.2, 0.25) is 0 Å². The van der Waals surface area contributed by atoms with E-state index in [2.05, 4.69) is 19.9 Å². The van der Waals surface area contributed by atoms with E-state index in [0.717, 1.165) is 25.7 Å². The van der Waals surface area contributed by atoms with Gasteiger partial charge in [0.05, 0.1) is 11.6 Å². The lowest BCUT2D eigenvalue weighted by Crippen LogP contribution is -2.19. The molecule has 2 N–H and O–H groups in total. The molecule has 0 fully saturated rings. The topological polar surface area (TPSA) is 82.7 Å². The molecule has 0 saturated heterocycles. The summed E-state index contributed by atoms with van der Waals surface area (Å²) in [5.74, 6) is 0.669. The number of unbranched alkanes of at least 4 members (excludes halogenated alkanes) is 14. The van der Waals surface area contributed by atoms with Gasteiger partial charge in [-0.3, -0.25) is 0 Å². The van der Waals surface area contributed by atoms with E-state index in [0.29, 0.717) is 29.9 Å². The molecular formula is C29H49NO4. The Kier molecular flexibility index (Phi) is 18.3. The van der Waals surface area contributed by atoms with E-state index in [1.54, 1.807) is 18.2 Å². The zero-order valence-corrected chi connectivity index (χ0v) is 21.8. The molecule has 1 rings (SSSR count). The van der Waals surface area contributed by atoms with Crippen molar-refractivity contribution in [3.8, 4) is 17.6 Å². The molecule has 34 heavy (non-hydrogen) atoms. The van der Waals surface area contributed by atoms with Crippen molar-refractivity contribution in [3.05, 3.63) is 23.8 Å². The monoisotopic (exact) mass is 475 g/mol. The molecule has 2 atom stereocenters. The van der Waals surface area contributed by atoms with Crippen LogP contribution in [0.4, 0.5) is 0 Å². The molecule has 0 saturated carbocycles. The minimum Gasteiger partial charge on any atom is -0.461 e. The molecule has 5 nitrogen and oxygen atoms in total. The Labute approximate surface area is 208 Å². The predicted molar refractivity (Wildman–Crippen MR) is 139 cm³/mol. The average Bonchev–Trinajstić information content (AvgIpc) is 2.83. The fourth-order valence-corrected chi connectivity index (χ4v) is 4.08. The van der Waals surface area contributed by atoms with Crippen LogP contribution in [0.25, 0.3) is 0 Å². The first-order valence-electron chi connectivity index (χ1n) is 13.8. The van der Waals surface area contributed by atoms with E-state index in [9.17, 15) is 15.5 Å². The van der Waals surface area contributed by atoms with Gasteiger partial charge in [0.15, 0.2) is 24.1 Å². The van der Waals surface area contributed by atoms with Gasteiger partial charge in [-0.1, -0.05) is 104 Å². The number of ether oxygens (including phenoxy) is 2. The van der Waals surface area contributed by atoms with Gasteiger partial charge in [-0.15, -0.1) is 0 Å². The molecule has 0 heterocycles. The summed E-state index contributed by atoms with van der Waals surface area (Å²) in [5.41, 5.74) is 0.430. The van der Waals surface area contributed by atoms with Crippen LogP contribution in [0.3, 0.4) is 0 Å². The van der Waals surface area contributed by atoms with Gasteiger partial charge in [0, 0.05) is 18.9 Å². The van der Waals surface area contributed by atoms with Crippen molar-refractivity contribution in [2.24, 2.45) is 0 Å². The molecular weight excluding hydrogens is 426 g/mol. The first-order valence-corrected chi connectivity index (χ1v) is 13.8. The lowest BCUT2D eigenvalue weighted by Gasteiger charge is -2.19. The highest BCUT2D eigenvalue weighted by Gasteiger charge is 2.15. The Morgan fingerprint density at radius 3 is 1.50 bits per heavy atom. The Bertz CT molecular complexity index is 658. The van der Waals surface area contributed by atoms with Gasteiger partial charge in [-0.25, -0.2) is 0 Å². The predicted octanol–water partition coefficient (Wildman–Crippen LogP) is 8.01. The van der Waals surface area contributed by atoms with Crippen LogP contribution >= 0.6 is 0 Å². The summed E-state index contributed by atoms with van der Waals surface area (Å²) < 4.78 is 11.4. The SMILES string of the molecule is CCCCCCCCCCC(O)Oc1ccc(C#N)cc1OC(O)CCCCCCCCCC. The van der Waals surface area contributed by atoms with Crippen molar-refractivity contribution in [3.63, 3.8) is 0 Å². The minimum atomic E-state index is -0.957. The average molecular weight is 476 g/mol. The second-order valence-electron chi connectivity index (χ2n) is 9.45. The van der Waals surface area contributed by atoms with Crippen LogP contribution in [0.1, 0.15) is 135 Å². The van der Waals surface area contributed by atoms with Crippen LogP contribution in [-0.4, -0.2) is 22.8 Å². The third-order valence-corrected chi connectivity index (χ3v) is 6.21. The molecule has 0 spiro atoms. The summed E-state index contributed by atoms with van der Waals surface area (Å²) in [6.45, 7) is 4.45. The first-order chi connectivity index (χ1) is 16.6. The molecule has 5 heteroatoms. The van der Waals surface area contributed by atoms with Crippen LogP contribution in [0.15, 0.2) is 18.2 Å². The van der Waals surface area contributed by atoms with Gasteiger partial charge in [-0.2, -0.15) is 5.26 Å². The summed E-state index contributed by atoms with van der Waals surface area (Å²) in [6.07, 6.45) is 18.4. The number of aliphatic hydroxyl groups is 2. The van der Waals surface area contributed by atoms with Crippen molar-refractivity contribution in [2.45, 2.75) is 142 Å². The number of aliphatic hydroxyl groups excluding tert-OH is 2. The lowest BCUT2D eigenvalue weighted by molar-refractivity contribution is -0.0438.